The van der Waals surface area contributed by atoms with Crippen LogP contribution < -0.4 is 26.2 Å². The number of hydrogen-bond acceptors (Lipinski definition) is 3. The third-order valence-corrected chi connectivity index (χ3v) is 23.5. The van der Waals surface area contributed by atoms with E-state index in [4.69, 9.17) is 4.98 Å². The van der Waals surface area contributed by atoms with Gasteiger partial charge in [0.05, 0.1) is 11.4 Å². The molecule has 4 heteroatoms. The fourth-order valence-corrected chi connectivity index (χ4v) is 18.0. The highest BCUT2D eigenvalue weighted by molar-refractivity contribution is 7.00. The van der Waals surface area contributed by atoms with E-state index in [0.29, 0.717) is 0 Å². The summed E-state index contributed by atoms with van der Waals surface area (Å²) in [5.74, 6) is 0. The Bertz CT molecular complexity index is 6520. The van der Waals surface area contributed by atoms with Crippen molar-refractivity contribution in [3.8, 4) is 123 Å². The summed E-state index contributed by atoms with van der Waals surface area (Å²) in [4.78, 5) is 11.3. The second-order valence-electron chi connectivity index (χ2n) is 30.6. The molecule has 0 saturated carbocycles. The van der Waals surface area contributed by atoms with Crippen LogP contribution in [0, 0.1) is 0 Å². The van der Waals surface area contributed by atoms with Crippen LogP contribution in [0.5, 0.6) is 0 Å². The predicted molar refractivity (Wildman–Crippen MR) is 488 cm³/mol. The first-order valence-electron chi connectivity index (χ1n) is 39.7. The molecule has 115 heavy (non-hydrogen) atoms. The molecule has 0 saturated heterocycles. The molecular formula is C111H72BN3. The summed E-state index contributed by atoms with van der Waals surface area (Å²) in [7, 11) is 0. The van der Waals surface area contributed by atoms with E-state index >= 15 is 0 Å². The van der Waals surface area contributed by atoms with Crippen molar-refractivity contribution in [2.45, 2.75) is 0 Å². The first-order chi connectivity index (χ1) is 56.9. The van der Waals surface area contributed by atoms with E-state index in [0.717, 1.165) is 157 Å². The number of pyridine rings is 1. The fourth-order valence-electron chi connectivity index (χ4n) is 18.0. The number of rotatable bonds is 13. The zero-order valence-corrected chi connectivity index (χ0v) is 63.0. The molecule has 0 aliphatic carbocycles. The minimum absolute atomic E-state index is 0.266. The van der Waals surface area contributed by atoms with Gasteiger partial charge in [-0.05, 0) is 293 Å². The molecule has 20 aromatic rings. The third-order valence-electron chi connectivity index (χ3n) is 23.5. The lowest BCUT2D eigenvalue weighted by molar-refractivity contribution is 1.26. The van der Waals surface area contributed by atoms with Crippen LogP contribution in [0.25, 0.3) is 166 Å². The minimum atomic E-state index is -0.266. The summed E-state index contributed by atoms with van der Waals surface area (Å²) < 4.78 is 0. The van der Waals surface area contributed by atoms with Crippen molar-refractivity contribution in [2.24, 2.45) is 0 Å². The summed E-state index contributed by atoms with van der Waals surface area (Å²) in [6.45, 7) is -0.266. The first kappa shape index (κ1) is 67.0. The lowest BCUT2D eigenvalue weighted by atomic mass is 9.33. The van der Waals surface area contributed by atoms with E-state index in [1.165, 1.54) is 59.5 Å². The standard InChI is InChI=1S/C111H72BN3/c1-9-29-73(30-10-1)85-53-86(74-31-11-2-12-32-74)58-99(57-85)105-67-97(68-106(113-105)100-59-87(75-33-13-3-14-34-75)54-88(60-100)76-35-15-4-16-36-76)98-71-109-111-110(72-98)115(102-63-91(79-41-21-7-22-42-79)56-92(64-102)80-43-23-8-24-44-80)108-70-96-52-84-48-28-26-46-82(84)50-94(96)66-104(108)112(111)103-65-93-49-81-45-25-27-47-83(81)51-95(93)69-107(103)114(109)101-61-89(77-37-17-5-18-38-77)55-90(62-101)78-39-19-6-20-40-78/h1-72H. The molecule has 0 N–H and O–H groups in total. The molecular weight excluding hydrogens is 1390 g/mol. The van der Waals surface area contributed by atoms with Gasteiger partial charge >= 0.3 is 0 Å². The maximum absolute atomic E-state index is 6.01. The summed E-state index contributed by atoms with van der Waals surface area (Å²) in [5, 5.41) is 9.53. The zero-order valence-electron chi connectivity index (χ0n) is 63.0. The zero-order chi connectivity index (χ0) is 75.9. The summed E-state index contributed by atoms with van der Waals surface area (Å²) in [6.07, 6.45) is 0. The maximum atomic E-state index is 6.01. The van der Waals surface area contributed by atoms with Crippen molar-refractivity contribution in [1.82, 2.24) is 4.98 Å². The number of fused-ring (bicyclic) bond motifs is 8. The average molecular weight is 1460 g/mol. The van der Waals surface area contributed by atoms with Crippen molar-refractivity contribution in [3.05, 3.63) is 437 Å². The number of nitrogens with zero attached hydrogens (tertiary/aromatic N) is 3. The Morgan fingerprint density at radius 2 is 0.374 bits per heavy atom. The molecule has 0 unspecified atom stereocenters. The van der Waals surface area contributed by atoms with Gasteiger partial charge in [-0.1, -0.05) is 303 Å². The van der Waals surface area contributed by atoms with Gasteiger partial charge in [0.25, 0.3) is 6.71 Å². The van der Waals surface area contributed by atoms with Gasteiger partial charge in [-0.15, -0.1) is 0 Å². The van der Waals surface area contributed by atoms with Crippen LogP contribution in [-0.2, 0) is 0 Å². The molecule has 19 aromatic carbocycles. The Labute approximate surface area is 670 Å². The molecule has 0 radical (unpaired) electrons. The second-order valence-corrected chi connectivity index (χ2v) is 30.6. The molecule has 3 heterocycles. The van der Waals surface area contributed by atoms with E-state index in [9.17, 15) is 0 Å². The number of hydrogen-bond donors (Lipinski definition) is 0. The molecule has 0 atom stereocenters. The Morgan fingerprint density at radius 3 is 0.643 bits per heavy atom. The van der Waals surface area contributed by atoms with Crippen molar-refractivity contribution >= 4 is 100 Å². The van der Waals surface area contributed by atoms with Crippen molar-refractivity contribution in [1.29, 1.82) is 0 Å². The molecule has 0 bridgehead atoms. The molecule has 0 amide bonds. The normalized spacial score (nSPS) is 12.1. The van der Waals surface area contributed by atoms with Crippen LogP contribution in [0.1, 0.15) is 0 Å². The van der Waals surface area contributed by atoms with E-state index in [2.05, 4.69) is 447 Å². The van der Waals surface area contributed by atoms with Crippen molar-refractivity contribution in [3.63, 3.8) is 0 Å². The average Bonchev–Trinajstić information content (AvgIpc) is 0.687. The highest BCUT2D eigenvalue weighted by Gasteiger charge is 2.45. The van der Waals surface area contributed by atoms with Gasteiger partial charge < -0.3 is 9.80 Å². The lowest BCUT2D eigenvalue weighted by Crippen LogP contribution is -2.61. The van der Waals surface area contributed by atoms with Crippen molar-refractivity contribution < 1.29 is 0 Å². The molecule has 2 aliphatic heterocycles. The van der Waals surface area contributed by atoms with E-state index in [-0.39, 0.29) is 6.71 Å². The van der Waals surface area contributed by atoms with Crippen LogP contribution in [0.15, 0.2) is 437 Å². The molecule has 22 rings (SSSR count). The Hall–Kier alpha value is -15.0. The van der Waals surface area contributed by atoms with Crippen LogP contribution in [0.2, 0.25) is 0 Å². The largest absolute Gasteiger partial charge is 0.311 e. The number of aromatic nitrogens is 1. The quantitative estimate of drug-likeness (QED) is 0.0847. The topological polar surface area (TPSA) is 19.4 Å². The van der Waals surface area contributed by atoms with Gasteiger partial charge in [0.2, 0.25) is 0 Å². The van der Waals surface area contributed by atoms with Crippen LogP contribution >= 0.6 is 0 Å². The highest BCUT2D eigenvalue weighted by Crippen LogP contribution is 2.51. The second kappa shape index (κ2) is 28.1. The monoisotopic (exact) mass is 1460 g/mol. The Kier molecular flexibility index (Phi) is 16.4. The molecule has 1 aromatic heterocycles. The molecule has 2 aliphatic rings. The van der Waals surface area contributed by atoms with E-state index in [1.54, 1.807) is 0 Å². The lowest BCUT2D eigenvalue weighted by Gasteiger charge is -2.45. The van der Waals surface area contributed by atoms with Crippen LogP contribution in [-0.4, -0.2) is 11.7 Å². The van der Waals surface area contributed by atoms with Gasteiger partial charge in [0.1, 0.15) is 0 Å². The van der Waals surface area contributed by atoms with E-state index in [1.807, 2.05) is 0 Å². The summed E-state index contributed by atoms with van der Waals surface area (Å²) >= 11 is 0. The minimum Gasteiger partial charge on any atom is -0.311 e. The van der Waals surface area contributed by atoms with Gasteiger partial charge in [0, 0.05) is 45.3 Å². The number of benzene rings is 19. The molecule has 534 valence electrons. The van der Waals surface area contributed by atoms with Gasteiger partial charge in [-0.2, -0.15) is 0 Å². The molecule has 3 nitrogen and oxygen atoms in total. The van der Waals surface area contributed by atoms with Gasteiger partial charge in [-0.3, -0.25) is 0 Å². The molecule has 0 spiro atoms. The van der Waals surface area contributed by atoms with Gasteiger partial charge in [-0.25, -0.2) is 4.98 Å². The molecule has 0 fully saturated rings. The van der Waals surface area contributed by atoms with Crippen LogP contribution in [0.3, 0.4) is 0 Å². The Morgan fingerprint density at radius 1 is 0.157 bits per heavy atom. The van der Waals surface area contributed by atoms with Crippen LogP contribution in [0.4, 0.5) is 34.1 Å². The summed E-state index contributed by atoms with van der Waals surface area (Å²) in [6, 6.07) is 163. The number of anilines is 6. The third kappa shape index (κ3) is 12.3. The maximum Gasteiger partial charge on any atom is 0.252 e. The first-order valence-corrected chi connectivity index (χ1v) is 39.7. The highest BCUT2D eigenvalue weighted by atomic mass is 15.2. The fraction of sp³-hybridized carbons (Fsp3) is 0. The SMILES string of the molecule is c1ccc(-c2cc(-c3ccccc3)cc(-c3cc(-c4cc5c6c(c4)N(c4cc(-c7ccccc7)cc(-c7ccccc7)c4)c4cc7cc8ccccc8cc7cc4B6c4cc6cc7ccccc7cc6cc4N5c4cc(-c5ccccc5)cc(-c5ccccc5)c4)cc(-c4cc(-c5ccccc5)cc(-c5ccccc5)c4)n3)c2)cc1. The van der Waals surface area contributed by atoms with Crippen molar-refractivity contribution in [2.75, 3.05) is 9.80 Å². The van der Waals surface area contributed by atoms with Gasteiger partial charge in [0.15, 0.2) is 0 Å². The Balaban J connectivity index is 0.898. The van der Waals surface area contributed by atoms with E-state index < -0.39 is 0 Å². The summed E-state index contributed by atoms with van der Waals surface area (Å²) in [5.41, 5.74) is 34.0. The smallest absolute Gasteiger partial charge is 0.252 e. The predicted octanol–water partition coefficient (Wildman–Crippen LogP) is 28.1.